The number of carbonyl (C=O) groups is 4. The maximum atomic E-state index is 13.4. The SMILES string of the molecule is CC(O)C(NC(=O)C(Cc1ccc(O)cc1)NC(=O)C(N)Cc1ccc(O)cc1)C(=O)NC(CCCCN)C(=O)O. The summed E-state index contributed by atoms with van der Waals surface area (Å²) in [5.41, 5.74) is 12.8. The maximum absolute atomic E-state index is 13.4. The number of carboxylic acid groups (broad SMARTS) is 1. The molecule has 0 aliphatic rings. The number of nitrogens with one attached hydrogen (secondary N) is 3. The molecule has 0 spiro atoms. The molecule has 13 nitrogen and oxygen atoms in total. The molecule has 13 heteroatoms. The zero-order chi connectivity index (χ0) is 30.5. The van der Waals surface area contributed by atoms with Crippen LogP contribution in [0.3, 0.4) is 0 Å². The van der Waals surface area contributed by atoms with E-state index in [1.165, 1.54) is 31.2 Å². The highest BCUT2D eigenvalue weighted by Gasteiger charge is 2.32. The summed E-state index contributed by atoms with van der Waals surface area (Å²) in [4.78, 5) is 50.9. The lowest BCUT2D eigenvalue weighted by molar-refractivity contribution is -0.143. The van der Waals surface area contributed by atoms with Gasteiger partial charge >= 0.3 is 5.97 Å². The minimum atomic E-state index is -1.52. The van der Waals surface area contributed by atoms with Gasteiger partial charge in [-0.2, -0.15) is 0 Å². The van der Waals surface area contributed by atoms with E-state index in [1.54, 1.807) is 24.3 Å². The predicted octanol–water partition coefficient (Wildman–Crippen LogP) is -0.741. The van der Waals surface area contributed by atoms with Gasteiger partial charge in [-0.3, -0.25) is 14.4 Å². The summed E-state index contributed by atoms with van der Waals surface area (Å²) in [5.74, 6) is -3.61. The Morgan fingerprint density at radius 3 is 1.76 bits per heavy atom. The molecule has 2 aromatic carbocycles. The molecule has 5 atom stereocenters. The third-order valence-electron chi connectivity index (χ3n) is 6.36. The number of aromatic hydroxyl groups is 2. The van der Waals surface area contributed by atoms with E-state index in [4.69, 9.17) is 11.5 Å². The first-order valence-corrected chi connectivity index (χ1v) is 13.2. The molecule has 41 heavy (non-hydrogen) atoms. The fraction of sp³-hybridized carbons (Fsp3) is 0.429. The number of aliphatic carboxylic acids is 1. The van der Waals surface area contributed by atoms with Crippen molar-refractivity contribution >= 4 is 23.7 Å². The van der Waals surface area contributed by atoms with E-state index >= 15 is 0 Å². The number of carboxylic acids is 1. The molecule has 224 valence electrons. The van der Waals surface area contributed by atoms with Crippen LogP contribution in [0.25, 0.3) is 0 Å². The fourth-order valence-electron chi connectivity index (χ4n) is 4.01. The normalized spacial score (nSPS) is 14.6. The molecule has 3 amide bonds. The zero-order valence-electron chi connectivity index (χ0n) is 22.8. The van der Waals surface area contributed by atoms with Crippen LogP contribution in [0, 0.1) is 0 Å². The average Bonchev–Trinajstić information content (AvgIpc) is 2.92. The largest absolute Gasteiger partial charge is 0.508 e. The van der Waals surface area contributed by atoms with Crippen LogP contribution >= 0.6 is 0 Å². The van der Waals surface area contributed by atoms with Crippen molar-refractivity contribution in [2.24, 2.45) is 11.5 Å². The Kier molecular flexibility index (Phi) is 13.0. The lowest BCUT2D eigenvalue weighted by Crippen LogP contribution is -2.60. The molecule has 5 unspecified atom stereocenters. The number of aliphatic hydroxyl groups is 1. The van der Waals surface area contributed by atoms with Crippen LogP contribution in [0.2, 0.25) is 0 Å². The lowest BCUT2D eigenvalue weighted by Gasteiger charge is -2.26. The molecule has 0 fully saturated rings. The van der Waals surface area contributed by atoms with Gasteiger partial charge in [0.1, 0.15) is 29.6 Å². The quantitative estimate of drug-likeness (QED) is 0.114. The van der Waals surface area contributed by atoms with Crippen LogP contribution in [0.15, 0.2) is 48.5 Å². The molecular formula is C28H39N5O8. The number of carbonyl (C=O) groups excluding carboxylic acids is 3. The summed E-state index contributed by atoms with van der Waals surface area (Å²) < 4.78 is 0. The van der Waals surface area contributed by atoms with Gasteiger partial charge in [0.15, 0.2) is 0 Å². The van der Waals surface area contributed by atoms with Gasteiger partial charge in [0, 0.05) is 6.42 Å². The van der Waals surface area contributed by atoms with Crippen molar-refractivity contribution in [3.8, 4) is 11.5 Å². The van der Waals surface area contributed by atoms with E-state index < -0.39 is 54.0 Å². The van der Waals surface area contributed by atoms with Crippen LogP contribution in [-0.2, 0) is 32.0 Å². The molecular weight excluding hydrogens is 534 g/mol. The van der Waals surface area contributed by atoms with Gasteiger partial charge in [-0.15, -0.1) is 0 Å². The lowest BCUT2D eigenvalue weighted by atomic mass is 10.0. The van der Waals surface area contributed by atoms with Crippen molar-refractivity contribution in [3.63, 3.8) is 0 Å². The van der Waals surface area contributed by atoms with Gasteiger partial charge in [0.25, 0.3) is 0 Å². The minimum absolute atomic E-state index is 0.00000471. The number of nitrogens with two attached hydrogens (primary N) is 2. The van der Waals surface area contributed by atoms with Crippen LogP contribution in [0.5, 0.6) is 11.5 Å². The summed E-state index contributed by atoms with van der Waals surface area (Å²) in [6, 6.07) is 6.96. The number of phenolic OH excluding ortho intramolecular Hbond substituents is 2. The average molecular weight is 574 g/mol. The number of phenols is 2. The second kappa shape index (κ2) is 16.2. The van der Waals surface area contributed by atoms with Crippen molar-refractivity contribution in [2.75, 3.05) is 6.54 Å². The molecule has 0 aliphatic carbocycles. The molecule has 0 radical (unpaired) electrons. The molecule has 2 rings (SSSR count). The van der Waals surface area contributed by atoms with E-state index in [0.717, 1.165) is 0 Å². The van der Waals surface area contributed by atoms with Crippen molar-refractivity contribution in [1.82, 2.24) is 16.0 Å². The Morgan fingerprint density at radius 1 is 0.756 bits per heavy atom. The van der Waals surface area contributed by atoms with Crippen molar-refractivity contribution in [3.05, 3.63) is 59.7 Å². The summed E-state index contributed by atoms with van der Waals surface area (Å²) in [7, 11) is 0. The number of unbranched alkanes of at least 4 members (excludes halogenated alkanes) is 1. The smallest absolute Gasteiger partial charge is 0.326 e. The second-order valence-electron chi connectivity index (χ2n) is 9.82. The van der Waals surface area contributed by atoms with Gasteiger partial charge in [-0.25, -0.2) is 4.79 Å². The summed E-state index contributed by atoms with van der Waals surface area (Å²) in [6.07, 6.45) is -0.224. The highest BCUT2D eigenvalue weighted by molar-refractivity contribution is 5.94. The summed E-state index contributed by atoms with van der Waals surface area (Å²) in [5, 5.41) is 46.1. The Balaban J connectivity index is 2.19. The van der Waals surface area contributed by atoms with Crippen molar-refractivity contribution < 1.29 is 39.6 Å². The number of aliphatic hydroxyl groups excluding tert-OH is 1. The van der Waals surface area contributed by atoms with Gasteiger partial charge < -0.3 is 47.8 Å². The minimum Gasteiger partial charge on any atom is -0.508 e. The van der Waals surface area contributed by atoms with Crippen molar-refractivity contribution in [2.45, 2.75) is 69.3 Å². The Hall–Kier alpha value is -4.20. The van der Waals surface area contributed by atoms with Crippen LogP contribution in [0.1, 0.15) is 37.3 Å². The van der Waals surface area contributed by atoms with Crippen LogP contribution in [-0.4, -0.2) is 80.9 Å². The van der Waals surface area contributed by atoms with Gasteiger partial charge in [-0.1, -0.05) is 24.3 Å². The molecule has 0 bridgehead atoms. The maximum Gasteiger partial charge on any atom is 0.326 e. The van der Waals surface area contributed by atoms with E-state index in [1.807, 2.05) is 0 Å². The van der Waals surface area contributed by atoms with E-state index in [2.05, 4.69) is 16.0 Å². The van der Waals surface area contributed by atoms with Crippen LogP contribution < -0.4 is 27.4 Å². The Morgan fingerprint density at radius 2 is 1.27 bits per heavy atom. The highest BCUT2D eigenvalue weighted by atomic mass is 16.4. The number of amides is 3. The van der Waals surface area contributed by atoms with E-state index in [0.29, 0.717) is 30.5 Å². The predicted molar refractivity (Wildman–Crippen MR) is 150 cm³/mol. The number of rotatable bonds is 16. The number of hydrogen-bond donors (Lipinski definition) is 9. The first kappa shape index (κ1) is 33.0. The molecule has 0 heterocycles. The fourth-order valence-corrected chi connectivity index (χ4v) is 4.01. The third kappa shape index (κ3) is 11.1. The Labute approximate surface area is 237 Å². The molecule has 0 saturated carbocycles. The van der Waals surface area contributed by atoms with Gasteiger partial charge in [0.2, 0.25) is 17.7 Å². The number of benzene rings is 2. The highest BCUT2D eigenvalue weighted by Crippen LogP contribution is 2.13. The third-order valence-corrected chi connectivity index (χ3v) is 6.36. The molecule has 0 aliphatic heterocycles. The molecule has 0 aromatic heterocycles. The van der Waals surface area contributed by atoms with E-state index in [9.17, 15) is 39.6 Å². The first-order valence-electron chi connectivity index (χ1n) is 13.2. The molecule has 11 N–H and O–H groups in total. The van der Waals surface area contributed by atoms with Crippen LogP contribution in [0.4, 0.5) is 0 Å². The molecule has 0 saturated heterocycles. The van der Waals surface area contributed by atoms with Gasteiger partial charge in [-0.05, 0) is 74.5 Å². The number of hydrogen-bond acceptors (Lipinski definition) is 9. The summed E-state index contributed by atoms with van der Waals surface area (Å²) >= 11 is 0. The Bertz CT molecular complexity index is 1160. The first-order chi connectivity index (χ1) is 19.4. The van der Waals surface area contributed by atoms with Crippen molar-refractivity contribution in [1.29, 1.82) is 0 Å². The monoisotopic (exact) mass is 573 g/mol. The molecule has 2 aromatic rings. The van der Waals surface area contributed by atoms with E-state index in [-0.39, 0.29) is 30.8 Å². The second-order valence-corrected chi connectivity index (χ2v) is 9.82. The summed E-state index contributed by atoms with van der Waals surface area (Å²) in [6.45, 7) is 1.62. The zero-order valence-corrected chi connectivity index (χ0v) is 22.8. The topological polar surface area (TPSA) is 237 Å². The standard InChI is InChI=1S/C28H39N5O8/c1-16(34)24(27(39)31-22(28(40)41)4-2-3-13-29)33-26(38)23(15-18-7-11-20(36)12-8-18)32-25(37)21(30)14-17-5-9-19(35)10-6-17/h5-12,16,21-24,34-36H,2-4,13-15,29-30H2,1H3,(H,31,39)(H,32,37)(H,33,38)(H,40,41). The van der Waals surface area contributed by atoms with Gasteiger partial charge in [0.05, 0.1) is 12.1 Å².